The van der Waals surface area contributed by atoms with Gasteiger partial charge in [0.25, 0.3) is 0 Å². The van der Waals surface area contributed by atoms with Crippen LogP contribution in [0.5, 0.6) is 0 Å². The first-order valence-electron chi connectivity index (χ1n) is 9.54. The van der Waals surface area contributed by atoms with Crippen molar-refractivity contribution in [3.8, 4) is 0 Å². The summed E-state index contributed by atoms with van der Waals surface area (Å²) in [6, 6.07) is 1.08. The molecule has 0 amide bonds. The summed E-state index contributed by atoms with van der Waals surface area (Å²) >= 11 is 0. The van der Waals surface area contributed by atoms with Gasteiger partial charge in [0.05, 0.1) is 11.4 Å². The van der Waals surface area contributed by atoms with Crippen LogP contribution in [0.2, 0.25) is 0 Å². The summed E-state index contributed by atoms with van der Waals surface area (Å²) in [6.07, 6.45) is 10.4. The van der Waals surface area contributed by atoms with Gasteiger partial charge >= 0.3 is 0 Å². The number of aryl methyl sites for hydroxylation is 2. The van der Waals surface area contributed by atoms with E-state index < -0.39 is 0 Å². The second-order valence-corrected chi connectivity index (χ2v) is 7.80. The Labute approximate surface area is 148 Å². The van der Waals surface area contributed by atoms with Gasteiger partial charge in [-0.2, -0.15) is 5.10 Å². The molecule has 5 heterocycles. The van der Waals surface area contributed by atoms with E-state index in [9.17, 15) is 0 Å². The molecule has 2 saturated heterocycles. The summed E-state index contributed by atoms with van der Waals surface area (Å²) in [7, 11) is 2.00. The molecule has 25 heavy (non-hydrogen) atoms. The standard InChI is InChI=1S/C19H26N6/c1-13-14(11-23(2)22-13)12-25-15-5-6-18(25)16-10-20-19(21-17(16)9-15)24-7-3-4-8-24/h10-11,15,18H,3-9,12H2,1-2H3/t15-,18-/m1/s1. The van der Waals surface area contributed by atoms with Gasteiger partial charge in [0, 0.05) is 68.7 Å². The Hall–Kier alpha value is -1.95. The molecule has 3 aliphatic rings. The van der Waals surface area contributed by atoms with Crippen LogP contribution in [0.15, 0.2) is 12.4 Å². The zero-order chi connectivity index (χ0) is 17.0. The number of aromatic nitrogens is 4. The van der Waals surface area contributed by atoms with E-state index in [-0.39, 0.29) is 0 Å². The van der Waals surface area contributed by atoms with Crippen LogP contribution in [-0.2, 0) is 20.0 Å². The van der Waals surface area contributed by atoms with Gasteiger partial charge in [-0.3, -0.25) is 9.58 Å². The Morgan fingerprint density at radius 2 is 2.04 bits per heavy atom. The highest BCUT2D eigenvalue weighted by atomic mass is 15.3. The molecule has 2 aromatic rings. The Balaban J connectivity index is 1.43. The highest BCUT2D eigenvalue weighted by molar-refractivity contribution is 5.38. The number of anilines is 1. The fourth-order valence-electron chi connectivity index (χ4n) is 4.88. The highest BCUT2D eigenvalue weighted by Gasteiger charge is 2.41. The number of hydrogen-bond acceptors (Lipinski definition) is 5. The molecule has 0 N–H and O–H groups in total. The van der Waals surface area contributed by atoms with E-state index >= 15 is 0 Å². The average Bonchev–Trinajstić information content (AvgIpc) is 3.29. The van der Waals surface area contributed by atoms with Crippen molar-refractivity contribution in [2.45, 2.75) is 57.7 Å². The predicted octanol–water partition coefficient (Wildman–Crippen LogP) is 2.38. The maximum atomic E-state index is 4.97. The SMILES string of the molecule is Cc1nn(C)cc1CN1[C@@H]2CC[C@@H]1c1cnc(N3CCCC3)nc1C2. The molecular formula is C19H26N6. The van der Waals surface area contributed by atoms with Crippen LogP contribution in [0, 0.1) is 6.92 Å². The lowest BCUT2D eigenvalue weighted by atomic mass is 9.98. The first-order chi connectivity index (χ1) is 12.2. The van der Waals surface area contributed by atoms with E-state index in [1.54, 1.807) is 0 Å². The van der Waals surface area contributed by atoms with Gasteiger partial charge in [0.1, 0.15) is 0 Å². The summed E-state index contributed by atoms with van der Waals surface area (Å²) in [5.74, 6) is 0.951. The molecule has 132 valence electrons. The van der Waals surface area contributed by atoms with Gasteiger partial charge in [-0.25, -0.2) is 9.97 Å². The van der Waals surface area contributed by atoms with Gasteiger partial charge in [-0.05, 0) is 32.6 Å². The van der Waals surface area contributed by atoms with E-state index in [0.717, 1.165) is 37.7 Å². The van der Waals surface area contributed by atoms with E-state index in [0.29, 0.717) is 12.1 Å². The van der Waals surface area contributed by atoms with Gasteiger partial charge in [-0.15, -0.1) is 0 Å². The minimum absolute atomic E-state index is 0.473. The van der Waals surface area contributed by atoms with Crippen molar-refractivity contribution in [3.63, 3.8) is 0 Å². The fraction of sp³-hybridized carbons (Fsp3) is 0.632. The molecule has 0 radical (unpaired) electrons. The zero-order valence-electron chi connectivity index (χ0n) is 15.1. The third-order valence-corrected chi connectivity index (χ3v) is 6.17. The second kappa shape index (κ2) is 5.80. The lowest BCUT2D eigenvalue weighted by Crippen LogP contribution is -2.38. The van der Waals surface area contributed by atoms with Crippen LogP contribution in [0.1, 0.15) is 54.2 Å². The van der Waals surface area contributed by atoms with E-state index in [1.165, 1.54) is 42.5 Å². The molecule has 3 aliphatic heterocycles. The average molecular weight is 338 g/mol. The summed E-state index contributed by atoms with van der Waals surface area (Å²) in [4.78, 5) is 14.7. The monoisotopic (exact) mass is 338 g/mol. The highest BCUT2D eigenvalue weighted by Crippen LogP contribution is 2.44. The molecule has 0 spiro atoms. The van der Waals surface area contributed by atoms with Crippen molar-refractivity contribution in [2.75, 3.05) is 18.0 Å². The third kappa shape index (κ3) is 2.54. The third-order valence-electron chi connectivity index (χ3n) is 6.17. The minimum Gasteiger partial charge on any atom is -0.341 e. The van der Waals surface area contributed by atoms with Gasteiger partial charge < -0.3 is 4.90 Å². The first-order valence-corrected chi connectivity index (χ1v) is 9.54. The number of hydrogen-bond donors (Lipinski definition) is 0. The summed E-state index contributed by atoms with van der Waals surface area (Å²) < 4.78 is 1.93. The van der Waals surface area contributed by atoms with Crippen LogP contribution in [0.4, 0.5) is 5.95 Å². The van der Waals surface area contributed by atoms with Crippen molar-refractivity contribution in [1.82, 2.24) is 24.6 Å². The van der Waals surface area contributed by atoms with Gasteiger partial charge in [-0.1, -0.05) is 0 Å². The molecule has 2 bridgehead atoms. The number of fused-ring (bicyclic) bond motifs is 4. The van der Waals surface area contributed by atoms with Crippen molar-refractivity contribution < 1.29 is 0 Å². The molecule has 6 heteroatoms. The lowest BCUT2D eigenvalue weighted by Gasteiger charge is -2.35. The fourth-order valence-corrected chi connectivity index (χ4v) is 4.88. The Kier molecular flexibility index (Phi) is 3.55. The molecule has 0 aliphatic carbocycles. The first kappa shape index (κ1) is 15.3. The van der Waals surface area contributed by atoms with Crippen LogP contribution >= 0.6 is 0 Å². The summed E-state index contributed by atoms with van der Waals surface area (Å²) in [5.41, 5.74) is 5.15. The summed E-state index contributed by atoms with van der Waals surface area (Å²) in [5, 5.41) is 4.51. The van der Waals surface area contributed by atoms with Gasteiger partial charge in [0.2, 0.25) is 5.95 Å². The zero-order valence-corrected chi connectivity index (χ0v) is 15.1. The van der Waals surface area contributed by atoms with Crippen LogP contribution in [0.25, 0.3) is 0 Å². The van der Waals surface area contributed by atoms with Crippen molar-refractivity contribution in [1.29, 1.82) is 0 Å². The smallest absolute Gasteiger partial charge is 0.225 e. The van der Waals surface area contributed by atoms with E-state index in [1.807, 2.05) is 11.7 Å². The molecule has 0 saturated carbocycles. The Morgan fingerprint density at radius 3 is 2.80 bits per heavy atom. The molecule has 6 nitrogen and oxygen atoms in total. The summed E-state index contributed by atoms with van der Waals surface area (Å²) in [6.45, 7) is 5.32. The normalized spacial score (nSPS) is 25.6. The maximum Gasteiger partial charge on any atom is 0.225 e. The van der Waals surface area contributed by atoms with Crippen molar-refractivity contribution in [2.24, 2.45) is 7.05 Å². The number of nitrogens with zero attached hydrogens (tertiary/aromatic N) is 6. The minimum atomic E-state index is 0.473. The Bertz CT molecular complexity index is 791. The van der Waals surface area contributed by atoms with E-state index in [4.69, 9.17) is 9.97 Å². The quantitative estimate of drug-likeness (QED) is 0.860. The second-order valence-electron chi connectivity index (χ2n) is 7.80. The predicted molar refractivity (Wildman–Crippen MR) is 96.4 cm³/mol. The van der Waals surface area contributed by atoms with Crippen molar-refractivity contribution >= 4 is 5.95 Å². The van der Waals surface area contributed by atoms with Gasteiger partial charge in [0.15, 0.2) is 0 Å². The molecule has 0 aromatic carbocycles. The Morgan fingerprint density at radius 1 is 1.20 bits per heavy atom. The van der Waals surface area contributed by atoms with Crippen molar-refractivity contribution in [3.05, 3.63) is 34.9 Å². The van der Waals surface area contributed by atoms with Crippen LogP contribution in [-0.4, -0.2) is 43.8 Å². The maximum absolute atomic E-state index is 4.97. The molecular weight excluding hydrogens is 312 g/mol. The van der Waals surface area contributed by atoms with Crippen LogP contribution < -0.4 is 4.90 Å². The topological polar surface area (TPSA) is 50.1 Å². The number of rotatable bonds is 3. The largest absolute Gasteiger partial charge is 0.341 e. The molecule has 2 atom stereocenters. The molecule has 2 fully saturated rings. The molecule has 2 aromatic heterocycles. The van der Waals surface area contributed by atoms with E-state index in [2.05, 4.69) is 34.2 Å². The van der Waals surface area contributed by atoms with Crippen LogP contribution in [0.3, 0.4) is 0 Å². The molecule has 0 unspecified atom stereocenters. The lowest BCUT2D eigenvalue weighted by molar-refractivity contribution is 0.166. The molecule has 5 rings (SSSR count).